The van der Waals surface area contributed by atoms with Gasteiger partial charge in [-0.05, 0) is 6.07 Å². The van der Waals surface area contributed by atoms with E-state index in [2.05, 4.69) is 4.98 Å². The number of hydrogen-bond donors (Lipinski definition) is 2. The van der Waals surface area contributed by atoms with Crippen LogP contribution in [-0.2, 0) is 6.54 Å². The summed E-state index contributed by atoms with van der Waals surface area (Å²) in [6, 6.07) is 1.23. The Morgan fingerprint density at radius 3 is 2.70 bits per heavy atom. The van der Waals surface area contributed by atoms with E-state index in [0.717, 1.165) is 0 Å². The van der Waals surface area contributed by atoms with Crippen LogP contribution in [-0.4, -0.2) is 4.98 Å². The van der Waals surface area contributed by atoms with Gasteiger partial charge in [-0.2, -0.15) is 0 Å². The Labute approximate surface area is 57.9 Å². The summed E-state index contributed by atoms with van der Waals surface area (Å²) in [4.78, 5) is 3.67. The minimum absolute atomic E-state index is 0.0888. The maximum atomic E-state index is 12.7. The van der Waals surface area contributed by atoms with E-state index >= 15 is 0 Å². The molecule has 0 amide bonds. The first-order valence-corrected chi connectivity index (χ1v) is 2.84. The maximum absolute atomic E-state index is 12.7. The normalized spacial score (nSPS) is 9.80. The smallest absolute Gasteiger partial charge is 0.132 e. The average Bonchev–Trinajstić information content (AvgIpc) is 1.88. The van der Waals surface area contributed by atoms with Crippen LogP contribution in [0.3, 0.4) is 0 Å². The molecular weight excluding hydrogens is 133 g/mol. The number of nitrogen functional groups attached to an aromatic ring is 1. The molecule has 0 aromatic carbocycles. The third-order valence-electron chi connectivity index (χ3n) is 1.24. The van der Waals surface area contributed by atoms with Crippen molar-refractivity contribution in [1.29, 1.82) is 0 Å². The lowest BCUT2D eigenvalue weighted by atomic mass is 10.2. The van der Waals surface area contributed by atoms with Crippen LogP contribution in [0.5, 0.6) is 0 Å². The first kappa shape index (κ1) is 6.95. The van der Waals surface area contributed by atoms with Gasteiger partial charge in [-0.25, -0.2) is 9.37 Å². The molecule has 4 heteroatoms. The quantitative estimate of drug-likeness (QED) is 0.589. The van der Waals surface area contributed by atoms with E-state index < -0.39 is 5.82 Å². The molecule has 0 saturated heterocycles. The average molecular weight is 141 g/mol. The minimum atomic E-state index is -0.394. The Morgan fingerprint density at radius 2 is 2.30 bits per heavy atom. The van der Waals surface area contributed by atoms with Crippen molar-refractivity contribution in [3.8, 4) is 0 Å². The zero-order valence-electron chi connectivity index (χ0n) is 5.34. The van der Waals surface area contributed by atoms with Crippen molar-refractivity contribution >= 4 is 5.82 Å². The van der Waals surface area contributed by atoms with Gasteiger partial charge in [0.25, 0.3) is 0 Å². The fraction of sp³-hybridized carbons (Fsp3) is 0.167. The molecule has 10 heavy (non-hydrogen) atoms. The fourth-order valence-electron chi connectivity index (χ4n) is 0.686. The van der Waals surface area contributed by atoms with E-state index in [1.54, 1.807) is 0 Å². The molecule has 0 aliphatic rings. The lowest BCUT2D eigenvalue weighted by Gasteiger charge is -2.00. The van der Waals surface area contributed by atoms with Crippen LogP contribution in [0.1, 0.15) is 5.56 Å². The van der Waals surface area contributed by atoms with Crippen molar-refractivity contribution < 1.29 is 4.39 Å². The van der Waals surface area contributed by atoms with E-state index in [0.29, 0.717) is 0 Å². The number of pyridine rings is 1. The van der Waals surface area contributed by atoms with Gasteiger partial charge in [-0.15, -0.1) is 0 Å². The summed E-state index contributed by atoms with van der Waals surface area (Å²) in [7, 11) is 0. The Kier molecular flexibility index (Phi) is 1.82. The van der Waals surface area contributed by atoms with E-state index in [4.69, 9.17) is 11.5 Å². The summed E-state index contributed by atoms with van der Waals surface area (Å²) in [6.45, 7) is 0.0888. The Balaban J connectivity index is 3.17. The maximum Gasteiger partial charge on any atom is 0.132 e. The lowest BCUT2D eigenvalue weighted by Crippen LogP contribution is -2.05. The Bertz CT molecular complexity index is 216. The minimum Gasteiger partial charge on any atom is -0.383 e. The second-order valence-corrected chi connectivity index (χ2v) is 1.86. The molecule has 54 valence electrons. The topological polar surface area (TPSA) is 64.9 Å². The summed E-state index contributed by atoms with van der Waals surface area (Å²) in [5.41, 5.74) is 10.8. The monoisotopic (exact) mass is 141 g/mol. The first-order valence-electron chi connectivity index (χ1n) is 2.84. The van der Waals surface area contributed by atoms with Gasteiger partial charge < -0.3 is 11.5 Å². The molecule has 0 aliphatic carbocycles. The van der Waals surface area contributed by atoms with Gasteiger partial charge in [0.05, 0.1) is 0 Å². The van der Waals surface area contributed by atoms with Crippen molar-refractivity contribution in [2.45, 2.75) is 6.54 Å². The zero-order chi connectivity index (χ0) is 7.56. The van der Waals surface area contributed by atoms with Crippen LogP contribution in [0, 0.1) is 5.82 Å². The van der Waals surface area contributed by atoms with Crippen molar-refractivity contribution in [2.24, 2.45) is 5.73 Å². The molecule has 1 heterocycles. The van der Waals surface area contributed by atoms with Crippen molar-refractivity contribution in [2.75, 3.05) is 5.73 Å². The molecule has 0 unspecified atom stereocenters. The van der Waals surface area contributed by atoms with Crippen LogP contribution in [0.2, 0.25) is 0 Å². The first-order chi connectivity index (χ1) is 4.75. The predicted octanol–water partition coefficient (Wildman–Crippen LogP) is 0.262. The predicted molar refractivity (Wildman–Crippen MR) is 36.5 cm³/mol. The summed E-state index contributed by atoms with van der Waals surface area (Å²) in [5, 5.41) is 0. The third kappa shape index (κ3) is 1.06. The van der Waals surface area contributed by atoms with Gasteiger partial charge in [0, 0.05) is 18.3 Å². The molecule has 0 fully saturated rings. The number of halogens is 1. The summed E-state index contributed by atoms with van der Waals surface area (Å²) >= 11 is 0. The molecule has 3 nitrogen and oxygen atoms in total. The summed E-state index contributed by atoms with van der Waals surface area (Å²) < 4.78 is 12.7. The molecule has 1 aromatic rings. The summed E-state index contributed by atoms with van der Waals surface area (Å²) in [6.07, 6.45) is 1.31. The highest BCUT2D eigenvalue weighted by Gasteiger charge is 2.02. The van der Waals surface area contributed by atoms with Crippen molar-refractivity contribution in [3.05, 3.63) is 23.6 Å². The molecule has 1 rings (SSSR count). The fourth-order valence-corrected chi connectivity index (χ4v) is 0.686. The molecule has 0 saturated carbocycles. The largest absolute Gasteiger partial charge is 0.383 e. The van der Waals surface area contributed by atoms with Crippen LogP contribution in [0.25, 0.3) is 0 Å². The Morgan fingerprint density at radius 1 is 1.60 bits per heavy atom. The summed E-state index contributed by atoms with van der Waals surface area (Å²) in [5.74, 6) is -0.225. The SMILES string of the molecule is NCc1c(F)ccnc1N. The van der Waals surface area contributed by atoms with Gasteiger partial charge in [-0.1, -0.05) is 0 Å². The Hall–Kier alpha value is -1.16. The van der Waals surface area contributed by atoms with Gasteiger partial charge in [0.15, 0.2) is 0 Å². The van der Waals surface area contributed by atoms with Gasteiger partial charge >= 0.3 is 0 Å². The van der Waals surface area contributed by atoms with Crippen LogP contribution in [0.4, 0.5) is 10.2 Å². The number of aromatic nitrogens is 1. The van der Waals surface area contributed by atoms with E-state index in [-0.39, 0.29) is 17.9 Å². The van der Waals surface area contributed by atoms with Gasteiger partial charge in [0.2, 0.25) is 0 Å². The van der Waals surface area contributed by atoms with E-state index in [1.807, 2.05) is 0 Å². The molecule has 0 radical (unpaired) electrons. The van der Waals surface area contributed by atoms with E-state index in [1.165, 1.54) is 12.3 Å². The molecule has 0 spiro atoms. The molecule has 4 N–H and O–H groups in total. The van der Waals surface area contributed by atoms with Crippen molar-refractivity contribution in [1.82, 2.24) is 4.98 Å². The number of anilines is 1. The molecule has 0 atom stereocenters. The molecule has 1 aromatic heterocycles. The van der Waals surface area contributed by atoms with Crippen molar-refractivity contribution in [3.63, 3.8) is 0 Å². The number of nitrogens with two attached hydrogens (primary N) is 2. The lowest BCUT2D eigenvalue weighted by molar-refractivity contribution is 0.609. The van der Waals surface area contributed by atoms with Gasteiger partial charge in [-0.3, -0.25) is 0 Å². The highest BCUT2D eigenvalue weighted by molar-refractivity contribution is 5.39. The van der Waals surface area contributed by atoms with Crippen LogP contribution >= 0.6 is 0 Å². The third-order valence-corrected chi connectivity index (χ3v) is 1.24. The molecule has 0 aliphatic heterocycles. The van der Waals surface area contributed by atoms with Crippen LogP contribution in [0.15, 0.2) is 12.3 Å². The number of hydrogen-bond acceptors (Lipinski definition) is 3. The zero-order valence-corrected chi connectivity index (χ0v) is 5.34. The van der Waals surface area contributed by atoms with Gasteiger partial charge in [0.1, 0.15) is 11.6 Å². The van der Waals surface area contributed by atoms with Crippen LogP contribution < -0.4 is 11.5 Å². The highest BCUT2D eigenvalue weighted by atomic mass is 19.1. The molecular formula is C6H8FN3. The molecule has 0 bridgehead atoms. The second kappa shape index (κ2) is 2.62. The second-order valence-electron chi connectivity index (χ2n) is 1.86. The standard InChI is InChI=1S/C6H8FN3/c7-5-1-2-10-6(9)4(5)3-8/h1-2H,3,8H2,(H2,9,10). The highest BCUT2D eigenvalue weighted by Crippen LogP contribution is 2.10. The number of rotatable bonds is 1. The number of nitrogens with zero attached hydrogens (tertiary/aromatic N) is 1. The van der Waals surface area contributed by atoms with E-state index in [9.17, 15) is 4.39 Å².